The molecule has 0 aromatic carbocycles. The summed E-state index contributed by atoms with van der Waals surface area (Å²) >= 11 is 0. The van der Waals surface area contributed by atoms with E-state index in [-0.39, 0.29) is 0 Å². The normalized spacial score (nSPS) is 23.8. The zero-order chi connectivity index (χ0) is 8.81. The molecule has 1 aliphatic rings. The summed E-state index contributed by atoms with van der Waals surface area (Å²) in [6.07, 6.45) is 2.49. The first kappa shape index (κ1) is 9.96. The highest BCUT2D eigenvalue weighted by Gasteiger charge is 2.15. The molecule has 0 saturated carbocycles. The molecule has 0 aromatic heterocycles. The van der Waals surface area contributed by atoms with E-state index in [1.165, 1.54) is 19.4 Å². The van der Waals surface area contributed by atoms with Crippen molar-refractivity contribution < 1.29 is 0 Å². The Labute approximate surface area is 75.5 Å². The molecule has 2 N–H and O–H groups in total. The van der Waals surface area contributed by atoms with E-state index in [1.54, 1.807) is 0 Å². The number of rotatable bonds is 5. The Bertz CT molecular complexity index is 110. The van der Waals surface area contributed by atoms with Crippen LogP contribution in [0.5, 0.6) is 0 Å². The highest BCUT2D eigenvalue weighted by atomic mass is 15.5. The lowest BCUT2D eigenvalue weighted by Crippen LogP contribution is -2.45. The molecule has 3 nitrogen and oxygen atoms in total. The third kappa shape index (κ3) is 3.09. The maximum Gasteiger partial charge on any atom is 0.0352 e. The predicted octanol–water partition coefficient (Wildman–Crippen LogP) is 0.585. The minimum atomic E-state index is 0.663. The molecule has 1 aliphatic heterocycles. The largest absolute Gasteiger partial charge is 0.315 e. The first-order chi connectivity index (χ1) is 5.86. The molecule has 1 heterocycles. The van der Waals surface area contributed by atoms with Gasteiger partial charge in [-0.3, -0.25) is 5.43 Å². The van der Waals surface area contributed by atoms with Crippen LogP contribution >= 0.6 is 0 Å². The van der Waals surface area contributed by atoms with Gasteiger partial charge in [0.2, 0.25) is 0 Å². The Morgan fingerprint density at radius 1 is 1.50 bits per heavy atom. The lowest BCUT2D eigenvalue weighted by atomic mass is 10.3. The van der Waals surface area contributed by atoms with E-state index >= 15 is 0 Å². The van der Waals surface area contributed by atoms with Crippen LogP contribution in [0.1, 0.15) is 26.7 Å². The fraction of sp³-hybridized carbons (Fsp3) is 1.00. The van der Waals surface area contributed by atoms with Crippen molar-refractivity contribution in [3.05, 3.63) is 0 Å². The average molecular weight is 171 g/mol. The minimum Gasteiger partial charge on any atom is -0.315 e. The summed E-state index contributed by atoms with van der Waals surface area (Å²) in [6, 6.07) is 0.663. The number of hydrogen-bond acceptors (Lipinski definition) is 3. The average Bonchev–Trinajstić information content (AvgIpc) is 2.56. The van der Waals surface area contributed by atoms with Crippen molar-refractivity contribution in [3.8, 4) is 0 Å². The Morgan fingerprint density at radius 3 is 2.83 bits per heavy atom. The molecule has 1 atom stereocenters. The van der Waals surface area contributed by atoms with Gasteiger partial charge < -0.3 is 5.32 Å². The van der Waals surface area contributed by atoms with Crippen LogP contribution in [0.2, 0.25) is 0 Å². The Balaban J connectivity index is 2.16. The molecule has 0 radical (unpaired) electrons. The smallest absolute Gasteiger partial charge is 0.0352 e. The van der Waals surface area contributed by atoms with Gasteiger partial charge in [0.15, 0.2) is 0 Å². The first-order valence-corrected chi connectivity index (χ1v) is 5.08. The van der Waals surface area contributed by atoms with Crippen LogP contribution in [0, 0.1) is 0 Å². The topological polar surface area (TPSA) is 27.3 Å². The summed E-state index contributed by atoms with van der Waals surface area (Å²) in [4.78, 5) is 0. The monoisotopic (exact) mass is 171 g/mol. The second-order valence-corrected chi connectivity index (χ2v) is 3.40. The third-order valence-corrected chi connectivity index (χ3v) is 2.30. The predicted molar refractivity (Wildman–Crippen MR) is 51.9 cm³/mol. The van der Waals surface area contributed by atoms with Gasteiger partial charge >= 0.3 is 0 Å². The number of nitrogens with one attached hydrogen (secondary N) is 2. The highest BCUT2D eigenvalue weighted by Crippen LogP contribution is 1.98. The van der Waals surface area contributed by atoms with Crippen molar-refractivity contribution in [2.24, 2.45) is 0 Å². The zero-order valence-electron chi connectivity index (χ0n) is 8.27. The van der Waals surface area contributed by atoms with Crippen molar-refractivity contribution in [1.82, 2.24) is 15.8 Å². The molecule has 3 heteroatoms. The summed E-state index contributed by atoms with van der Waals surface area (Å²) in [5, 5.41) is 5.67. The van der Waals surface area contributed by atoms with Crippen LogP contribution < -0.4 is 10.7 Å². The molecular weight excluding hydrogens is 150 g/mol. The maximum atomic E-state index is 3.54. The summed E-state index contributed by atoms with van der Waals surface area (Å²) < 4.78 is 0. The number of hydrogen-bond donors (Lipinski definition) is 2. The van der Waals surface area contributed by atoms with Crippen molar-refractivity contribution in [3.63, 3.8) is 0 Å². The SMILES string of the molecule is CCCN(CC)NC1CCNC1. The molecule has 1 saturated heterocycles. The van der Waals surface area contributed by atoms with E-state index in [9.17, 15) is 0 Å². The van der Waals surface area contributed by atoms with E-state index < -0.39 is 0 Å². The van der Waals surface area contributed by atoms with Crippen LogP contribution in [-0.2, 0) is 0 Å². The van der Waals surface area contributed by atoms with E-state index in [2.05, 4.69) is 29.6 Å². The van der Waals surface area contributed by atoms with Gasteiger partial charge in [0.05, 0.1) is 0 Å². The van der Waals surface area contributed by atoms with Gasteiger partial charge in [0.1, 0.15) is 0 Å². The molecule has 0 amide bonds. The molecule has 1 rings (SSSR count). The second-order valence-electron chi connectivity index (χ2n) is 3.40. The molecule has 1 unspecified atom stereocenters. The van der Waals surface area contributed by atoms with E-state index in [4.69, 9.17) is 0 Å². The second kappa shape index (κ2) is 5.51. The van der Waals surface area contributed by atoms with Crippen molar-refractivity contribution in [2.75, 3.05) is 26.2 Å². The molecular formula is C9H21N3. The van der Waals surface area contributed by atoms with E-state index in [0.717, 1.165) is 19.6 Å². The van der Waals surface area contributed by atoms with Crippen molar-refractivity contribution in [2.45, 2.75) is 32.7 Å². The summed E-state index contributed by atoms with van der Waals surface area (Å²) in [5.74, 6) is 0. The quantitative estimate of drug-likeness (QED) is 0.593. The third-order valence-electron chi connectivity index (χ3n) is 2.30. The number of nitrogens with zero attached hydrogens (tertiary/aromatic N) is 1. The summed E-state index contributed by atoms with van der Waals surface area (Å²) in [7, 11) is 0. The van der Waals surface area contributed by atoms with Crippen molar-refractivity contribution >= 4 is 0 Å². The van der Waals surface area contributed by atoms with Gasteiger partial charge in [0.25, 0.3) is 0 Å². The fourth-order valence-corrected chi connectivity index (χ4v) is 1.61. The first-order valence-electron chi connectivity index (χ1n) is 5.08. The van der Waals surface area contributed by atoms with Gasteiger partial charge in [0, 0.05) is 25.7 Å². The lowest BCUT2D eigenvalue weighted by Gasteiger charge is -2.24. The molecule has 0 bridgehead atoms. The van der Waals surface area contributed by atoms with E-state index in [1.807, 2.05) is 0 Å². The molecule has 1 fully saturated rings. The van der Waals surface area contributed by atoms with Crippen LogP contribution in [0.4, 0.5) is 0 Å². The van der Waals surface area contributed by atoms with Gasteiger partial charge in [-0.05, 0) is 19.4 Å². The van der Waals surface area contributed by atoms with Crippen LogP contribution in [0.15, 0.2) is 0 Å². The van der Waals surface area contributed by atoms with Crippen LogP contribution in [-0.4, -0.2) is 37.2 Å². The van der Waals surface area contributed by atoms with Crippen LogP contribution in [0.25, 0.3) is 0 Å². The Hall–Kier alpha value is -0.120. The molecule has 0 aliphatic carbocycles. The summed E-state index contributed by atoms with van der Waals surface area (Å²) in [6.45, 7) is 8.97. The van der Waals surface area contributed by atoms with Crippen LogP contribution in [0.3, 0.4) is 0 Å². The standard InChI is InChI=1S/C9H21N3/c1-3-7-12(4-2)11-9-5-6-10-8-9/h9-11H,3-8H2,1-2H3. The molecule has 0 aromatic rings. The van der Waals surface area contributed by atoms with E-state index in [0.29, 0.717) is 6.04 Å². The van der Waals surface area contributed by atoms with Gasteiger partial charge in [-0.15, -0.1) is 0 Å². The zero-order valence-corrected chi connectivity index (χ0v) is 8.27. The van der Waals surface area contributed by atoms with Gasteiger partial charge in [-0.2, -0.15) is 0 Å². The Kier molecular flexibility index (Phi) is 4.58. The van der Waals surface area contributed by atoms with Crippen molar-refractivity contribution in [1.29, 1.82) is 0 Å². The highest BCUT2D eigenvalue weighted by molar-refractivity contribution is 4.76. The minimum absolute atomic E-state index is 0.663. The molecule has 0 spiro atoms. The molecule has 72 valence electrons. The van der Waals surface area contributed by atoms with Gasteiger partial charge in [-0.1, -0.05) is 13.8 Å². The lowest BCUT2D eigenvalue weighted by molar-refractivity contribution is 0.171. The maximum absolute atomic E-state index is 3.54. The Morgan fingerprint density at radius 2 is 2.33 bits per heavy atom. The fourth-order valence-electron chi connectivity index (χ4n) is 1.61. The summed E-state index contributed by atoms with van der Waals surface area (Å²) in [5.41, 5.74) is 3.54. The molecule has 12 heavy (non-hydrogen) atoms. The van der Waals surface area contributed by atoms with Gasteiger partial charge in [-0.25, -0.2) is 5.01 Å². The number of hydrazine groups is 1.